The number of aromatic nitrogens is 1. The summed E-state index contributed by atoms with van der Waals surface area (Å²) in [6.07, 6.45) is 1.61. The topological polar surface area (TPSA) is 59.2 Å². The Hall–Kier alpha value is -2.20. The summed E-state index contributed by atoms with van der Waals surface area (Å²) in [7, 11) is 4.09. The van der Waals surface area contributed by atoms with E-state index >= 15 is 0 Å². The van der Waals surface area contributed by atoms with Crippen molar-refractivity contribution in [1.29, 1.82) is 0 Å². The Bertz CT molecular complexity index is 623. The standard InChI is InChI=1S/C16H19N3O/c1-11(19(2)3)12-5-4-6-13(9-12)15-10-14(16(17)20)7-8-18-15/h4-11H,1-3H3,(H2,17,20)/t11-/m0/s1. The molecule has 0 aliphatic rings. The van der Waals surface area contributed by atoms with Gasteiger partial charge in [-0.1, -0.05) is 18.2 Å². The van der Waals surface area contributed by atoms with E-state index in [0.717, 1.165) is 11.3 Å². The second-order valence-corrected chi connectivity index (χ2v) is 5.06. The molecule has 1 atom stereocenters. The normalized spacial score (nSPS) is 12.4. The van der Waals surface area contributed by atoms with Gasteiger partial charge in [-0.15, -0.1) is 0 Å². The molecule has 0 saturated heterocycles. The van der Waals surface area contributed by atoms with E-state index < -0.39 is 5.91 Å². The minimum atomic E-state index is -0.438. The molecule has 0 saturated carbocycles. The third-order valence-corrected chi connectivity index (χ3v) is 3.48. The zero-order chi connectivity index (χ0) is 14.7. The Kier molecular flexibility index (Phi) is 4.15. The molecule has 0 aliphatic heterocycles. The minimum absolute atomic E-state index is 0.314. The lowest BCUT2D eigenvalue weighted by Gasteiger charge is -2.20. The van der Waals surface area contributed by atoms with E-state index in [4.69, 9.17) is 5.73 Å². The summed E-state index contributed by atoms with van der Waals surface area (Å²) in [5.74, 6) is -0.438. The smallest absolute Gasteiger partial charge is 0.248 e. The Morgan fingerprint density at radius 2 is 2.00 bits per heavy atom. The first-order valence-electron chi connectivity index (χ1n) is 6.51. The van der Waals surface area contributed by atoms with Gasteiger partial charge in [-0.3, -0.25) is 9.78 Å². The van der Waals surface area contributed by atoms with Crippen molar-refractivity contribution in [2.75, 3.05) is 14.1 Å². The molecule has 1 aromatic carbocycles. The van der Waals surface area contributed by atoms with Gasteiger partial charge in [-0.2, -0.15) is 0 Å². The largest absolute Gasteiger partial charge is 0.366 e. The predicted octanol–water partition coefficient (Wildman–Crippen LogP) is 2.47. The van der Waals surface area contributed by atoms with Crippen LogP contribution < -0.4 is 5.73 Å². The third-order valence-electron chi connectivity index (χ3n) is 3.48. The predicted molar refractivity (Wildman–Crippen MR) is 80.3 cm³/mol. The third kappa shape index (κ3) is 3.03. The molecule has 2 aromatic rings. The maximum Gasteiger partial charge on any atom is 0.248 e. The Morgan fingerprint density at radius 1 is 1.25 bits per heavy atom. The van der Waals surface area contributed by atoms with Crippen LogP contribution >= 0.6 is 0 Å². The highest BCUT2D eigenvalue weighted by atomic mass is 16.1. The lowest BCUT2D eigenvalue weighted by Crippen LogP contribution is -2.16. The molecule has 1 amide bonds. The average molecular weight is 269 g/mol. The van der Waals surface area contributed by atoms with Gasteiger partial charge in [0.1, 0.15) is 0 Å². The lowest BCUT2D eigenvalue weighted by atomic mass is 10.0. The van der Waals surface area contributed by atoms with Crippen molar-refractivity contribution in [2.24, 2.45) is 5.73 Å². The Labute approximate surface area is 119 Å². The van der Waals surface area contributed by atoms with Gasteiger partial charge in [0.05, 0.1) is 5.69 Å². The van der Waals surface area contributed by atoms with Crippen molar-refractivity contribution in [3.63, 3.8) is 0 Å². The molecular formula is C16H19N3O. The summed E-state index contributed by atoms with van der Waals surface area (Å²) in [5, 5.41) is 0. The summed E-state index contributed by atoms with van der Waals surface area (Å²) < 4.78 is 0. The summed E-state index contributed by atoms with van der Waals surface area (Å²) in [5.41, 5.74) is 8.73. The highest BCUT2D eigenvalue weighted by Gasteiger charge is 2.10. The highest BCUT2D eigenvalue weighted by molar-refractivity contribution is 5.93. The molecular weight excluding hydrogens is 250 g/mol. The number of nitrogens with zero attached hydrogens (tertiary/aromatic N) is 2. The van der Waals surface area contributed by atoms with Gasteiger partial charge in [0, 0.05) is 23.4 Å². The van der Waals surface area contributed by atoms with Crippen LogP contribution in [0.15, 0.2) is 42.6 Å². The van der Waals surface area contributed by atoms with Crippen LogP contribution in [0.4, 0.5) is 0 Å². The maximum atomic E-state index is 11.2. The SMILES string of the molecule is C[C@@H](c1cccc(-c2cc(C(N)=O)ccn2)c1)N(C)C. The highest BCUT2D eigenvalue weighted by Crippen LogP contribution is 2.24. The Balaban J connectivity index is 2.41. The fourth-order valence-electron chi connectivity index (χ4n) is 2.00. The number of carbonyl (C=O) groups is 1. The number of nitrogens with two attached hydrogens (primary N) is 1. The summed E-state index contributed by atoms with van der Waals surface area (Å²) in [6, 6.07) is 11.8. The van der Waals surface area contributed by atoms with Gasteiger partial charge < -0.3 is 10.6 Å². The van der Waals surface area contributed by atoms with Crippen molar-refractivity contribution >= 4 is 5.91 Å². The van der Waals surface area contributed by atoms with Gasteiger partial charge >= 0.3 is 0 Å². The quantitative estimate of drug-likeness (QED) is 0.927. The summed E-state index contributed by atoms with van der Waals surface area (Å²) >= 11 is 0. The molecule has 4 heteroatoms. The van der Waals surface area contributed by atoms with E-state index in [9.17, 15) is 4.79 Å². The fourth-order valence-corrected chi connectivity index (χ4v) is 2.00. The van der Waals surface area contributed by atoms with Gasteiger partial charge in [0.2, 0.25) is 5.91 Å². The van der Waals surface area contributed by atoms with Crippen LogP contribution in [0.25, 0.3) is 11.3 Å². The molecule has 0 unspecified atom stereocenters. The van der Waals surface area contributed by atoms with Crippen LogP contribution in [0.5, 0.6) is 0 Å². The molecule has 104 valence electrons. The van der Waals surface area contributed by atoms with Crippen molar-refractivity contribution < 1.29 is 4.79 Å². The average Bonchev–Trinajstić information content (AvgIpc) is 2.46. The van der Waals surface area contributed by atoms with E-state index in [-0.39, 0.29) is 0 Å². The second-order valence-electron chi connectivity index (χ2n) is 5.06. The van der Waals surface area contributed by atoms with E-state index in [1.54, 1.807) is 18.3 Å². The minimum Gasteiger partial charge on any atom is -0.366 e. The molecule has 1 heterocycles. The van der Waals surface area contributed by atoms with Crippen LogP contribution in [-0.4, -0.2) is 29.9 Å². The van der Waals surface area contributed by atoms with E-state index in [1.165, 1.54) is 5.56 Å². The van der Waals surface area contributed by atoms with Crippen molar-refractivity contribution in [1.82, 2.24) is 9.88 Å². The first kappa shape index (κ1) is 14.2. The number of pyridine rings is 1. The van der Waals surface area contributed by atoms with Crippen molar-refractivity contribution in [3.8, 4) is 11.3 Å². The molecule has 1 aromatic heterocycles. The number of benzene rings is 1. The molecule has 0 spiro atoms. The first-order chi connectivity index (χ1) is 9.49. The number of hydrogen-bond acceptors (Lipinski definition) is 3. The molecule has 0 fully saturated rings. The molecule has 2 rings (SSSR count). The van der Waals surface area contributed by atoms with Crippen LogP contribution in [0, 0.1) is 0 Å². The van der Waals surface area contributed by atoms with E-state index in [1.807, 2.05) is 26.2 Å². The first-order valence-corrected chi connectivity index (χ1v) is 6.51. The van der Waals surface area contributed by atoms with Gasteiger partial charge in [0.25, 0.3) is 0 Å². The number of amides is 1. The second kappa shape index (κ2) is 5.84. The fraction of sp³-hybridized carbons (Fsp3) is 0.250. The van der Waals surface area contributed by atoms with Crippen LogP contribution in [0.3, 0.4) is 0 Å². The molecule has 0 bridgehead atoms. The van der Waals surface area contributed by atoms with Crippen molar-refractivity contribution in [2.45, 2.75) is 13.0 Å². The van der Waals surface area contributed by atoms with Crippen LogP contribution in [-0.2, 0) is 0 Å². The number of primary amides is 1. The molecule has 2 N–H and O–H groups in total. The van der Waals surface area contributed by atoms with Crippen molar-refractivity contribution in [3.05, 3.63) is 53.7 Å². The summed E-state index contributed by atoms with van der Waals surface area (Å²) in [6.45, 7) is 2.15. The molecule has 4 nitrogen and oxygen atoms in total. The number of hydrogen-bond donors (Lipinski definition) is 1. The zero-order valence-corrected chi connectivity index (χ0v) is 12.0. The van der Waals surface area contributed by atoms with E-state index in [2.05, 4.69) is 28.9 Å². The number of carbonyl (C=O) groups excluding carboxylic acids is 1. The van der Waals surface area contributed by atoms with Crippen LogP contribution in [0.2, 0.25) is 0 Å². The van der Waals surface area contributed by atoms with E-state index in [0.29, 0.717) is 11.6 Å². The number of rotatable bonds is 4. The monoisotopic (exact) mass is 269 g/mol. The molecule has 20 heavy (non-hydrogen) atoms. The van der Waals surface area contributed by atoms with Crippen LogP contribution in [0.1, 0.15) is 28.9 Å². The molecule has 0 aliphatic carbocycles. The zero-order valence-electron chi connectivity index (χ0n) is 12.0. The lowest BCUT2D eigenvalue weighted by molar-refractivity contribution is 0.1000. The summed E-state index contributed by atoms with van der Waals surface area (Å²) in [4.78, 5) is 17.7. The maximum absolute atomic E-state index is 11.2. The Morgan fingerprint density at radius 3 is 2.65 bits per heavy atom. The molecule has 0 radical (unpaired) electrons. The van der Waals surface area contributed by atoms with Gasteiger partial charge in [0.15, 0.2) is 0 Å². The van der Waals surface area contributed by atoms with Gasteiger partial charge in [-0.25, -0.2) is 0 Å². The van der Waals surface area contributed by atoms with Gasteiger partial charge in [-0.05, 0) is 44.8 Å².